The molecule has 1 saturated carbocycles. The summed E-state index contributed by atoms with van der Waals surface area (Å²) in [6.07, 6.45) is 6.53. The molecule has 1 aromatic rings. The summed E-state index contributed by atoms with van der Waals surface area (Å²) in [4.78, 5) is 12.3. The Balaban J connectivity index is 1.51. The van der Waals surface area contributed by atoms with Crippen molar-refractivity contribution < 1.29 is 4.79 Å². The van der Waals surface area contributed by atoms with E-state index in [2.05, 4.69) is 29.6 Å². The Bertz CT molecular complexity index is 461. The van der Waals surface area contributed by atoms with E-state index in [1.165, 1.54) is 24.0 Å². The monoisotopic (exact) mass is 272 g/mol. The number of amides is 1. The molecule has 108 valence electrons. The summed E-state index contributed by atoms with van der Waals surface area (Å²) in [5, 5.41) is 3.14. The summed E-state index contributed by atoms with van der Waals surface area (Å²) < 4.78 is 0. The second kappa shape index (κ2) is 5.96. The first-order valence-corrected chi connectivity index (χ1v) is 7.84. The van der Waals surface area contributed by atoms with Crippen molar-refractivity contribution in [3.63, 3.8) is 0 Å². The first-order valence-electron chi connectivity index (χ1n) is 7.84. The molecule has 3 rings (SSSR count). The third-order valence-corrected chi connectivity index (χ3v) is 4.93. The molecule has 3 nitrogen and oxygen atoms in total. The Kier molecular flexibility index (Phi) is 4.06. The molecular weight excluding hydrogens is 248 g/mol. The maximum absolute atomic E-state index is 12.3. The zero-order chi connectivity index (χ0) is 13.9. The van der Waals surface area contributed by atoms with Crippen molar-refractivity contribution in [2.24, 2.45) is 17.6 Å². The second-order valence-corrected chi connectivity index (χ2v) is 6.33. The van der Waals surface area contributed by atoms with E-state index in [-0.39, 0.29) is 17.9 Å². The fraction of sp³-hybridized carbons (Fsp3) is 0.588. The van der Waals surface area contributed by atoms with Gasteiger partial charge >= 0.3 is 0 Å². The molecule has 2 aliphatic carbocycles. The minimum absolute atomic E-state index is 0.118. The Morgan fingerprint density at radius 3 is 2.45 bits per heavy atom. The molecule has 1 amide bonds. The number of nitrogens with one attached hydrogen (secondary N) is 1. The molecule has 0 aromatic heterocycles. The molecule has 2 unspecified atom stereocenters. The number of hydrogen-bond donors (Lipinski definition) is 2. The minimum Gasteiger partial charge on any atom is -0.356 e. The van der Waals surface area contributed by atoms with Crippen molar-refractivity contribution >= 4 is 5.91 Å². The second-order valence-electron chi connectivity index (χ2n) is 6.33. The lowest BCUT2D eigenvalue weighted by atomic mass is 9.85. The normalized spacial score (nSPS) is 26.2. The first kappa shape index (κ1) is 13.6. The maximum atomic E-state index is 12.3. The van der Waals surface area contributed by atoms with Gasteiger partial charge < -0.3 is 11.1 Å². The molecule has 2 aliphatic rings. The minimum atomic E-state index is 0.118. The average molecular weight is 272 g/mol. The molecule has 20 heavy (non-hydrogen) atoms. The summed E-state index contributed by atoms with van der Waals surface area (Å²) in [5.74, 6) is 0.794. The summed E-state index contributed by atoms with van der Waals surface area (Å²) >= 11 is 0. The van der Waals surface area contributed by atoms with E-state index < -0.39 is 0 Å². The van der Waals surface area contributed by atoms with E-state index in [0.29, 0.717) is 5.92 Å². The van der Waals surface area contributed by atoms with Crippen LogP contribution in [0.5, 0.6) is 0 Å². The Morgan fingerprint density at radius 1 is 1.15 bits per heavy atom. The molecular formula is C17H24N2O. The van der Waals surface area contributed by atoms with E-state index in [0.717, 1.165) is 32.2 Å². The Hall–Kier alpha value is -1.35. The first-order chi connectivity index (χ1) is 9.74. The molecule has 2 atom stereocenters. The number of carbonyl (C=O) groups is 1. The highest BCUT2D eigenvalue weighted by molar-refractivity contribution is 5.80. The van der Waals surface area contributed by atoms with Gasteiger partial charge in [-0.2, -0.15) is 0 Å². The number of rotatable bonds is 3. The van der Waals surface area contributed by atoms with Crippen molar-refractivity contribution in [1.29, 1.82) is 0 Å². The fourth-order valence-corrected chi connectivity index (χ4v) is 3.61. The van der Waals surface area contributed by atoms with Gasteiger partial charge in [0, 0.05) is 18.5 Å². The van der Waals surface area contributed by atoms with Gasteiger partial charge in [-0.05, 0) is 42.7 Å². The predicted octanol–water partition coefficient (Wildman–Crippen LogP) is 2.04. The van der Waals surface area contributed by atoms with Gasteiger partial charge in [0.2, 0.25) is 5.91 Å². The topological polar surface area (TPSA) is 55.1 Å². The van der Waals surface area contributed by atoms with E-state index in [4.69, 9.17) is 5.73 Å². The highest BCUT2D eigenvalue weighted by Gasteiger charge is 2.28. The van der Waals surface area contributed by atoms with Crippen molar-refractivity contribution in [2.45, 2.75) is 44.6 Å². The Labute approximate surface area is 120 Å². The lowest BCUT2D eigenvalue weighted by molar-refractivity contribution is -0.124. The Morgan fingerprint density at radius 2 is 1.80 bits per heavy atom. The number of fused-ring (bicyclic) bond motifs is 1. The molecule has 3 N–H and O–H groups in total. The van der Waals surface area contributed by atoms with Crippen LogP contribution < -0.4 is 11.1 Å². The van der Waals surface area contributed by atoms with Crippen LogP contribution in [-0.4, -0.2) is 18.5 Å². The van der Waals surface area contributed by atoms with Crippen LogP contribution in [-0.2, 0) is 17.6 Å². The van der Waals surface area contributed by atoms with Crippen LogP contribution in [0.2, 0.25) is 0 Å². The number of carbonyl (C=O) groups excluding carboxylic acids is 1. The van der Waals surface area contributed by atoms with E-state index in [9.17, 15) is 4.79 Å². The van der Waals surface area contributed by atoms with Gasteiger partial charge in [0.05, 0.1) is 0 Å². The third kappa shape index (κ3) is 2.88. The lowest BCUT2D eigenvalue weighted by Gasteiger charge is -2.29. The number of nitrogens with two attached hydrogens (primary N) is 1. The zero-order valence-corrected chi connectivity index (χ0v) is 12.0. The van der Waals surface area contributed by atoms with Gasteiger partial charge in [-0.3, -0.25) is 4.79 Å². The van der Waals surface area contributed by atoms with Crippen LogP contribution in [0.4, 0.5) is 0 Å². The van der Waals surface area contributed by atoms with Crippen molar-refractivity contribution in [3.8, 4) is 0 Å². The summed E-state index contributed by atoms with van der Waals surface area (Å²) in [6.45, 7) is 0.757. The molecule has 0 spiro atoms. The molecule has 0 heterocycles. The largest absolute Gasteiger partial charge is 0.356 e. The van der Waals surface area contributed by atoms with E-state index in [1.54, 1.807) is 0 Å². The van der Waals surface area contributed by atoms with Gasteiger partial charge in [0.15, 0.2) is 0 Å². The van der Waals surface area contributed by atoms with Crippen LogP contribution in [0.3, 0.4) is 0 Å². The SMILES string of the molecule is NC1CCCCC1CNC(=O)C1Cc2ccccc2C1. The third-order valence-electron chi connectivity index (χ3n) is 4.93. The van der Waals surface area contributed by atoms with Crippen LogP contribution >= 0.6 is 0 Å². The maximum Gasteiger partial charge on any atom is 0.223 e. The molecule has 3 heteroatoms. The highest BCUT2D eigenvalue weighted by atomic mass is 16.1. The lowest BCUT2D eigenvalue weighted by Crippen LogP contribution is -2.42. The van der Waals surface area contributed by atoms with Crippen molar-refractivity contribution in [3.05, 3.63) is 35.4 Å². The fourth-order valence-electron chi connectivity index (χ4n) is 3.61. The van der Waals surface area contributed by atoms with Crippen molar-refractivity contribution in [2.75, 3.05) is 6.54 Å². The van der Waals surface area contributed by atoms with E-state index in [1.807, 2.05) is 0 Å². The van der Waals surface area contributed by atoms with Crippen molar-refractivity contribution in [1.82, 2.24) is 5.32 Å². The van der Waals surface area contributed by atoms with Gasteiger partial charge in [-0.25, -0.2) is 0 Å². The predicted molar refractivity (Wildman–Crippen MR) is 80.3 cm³/mol. The quantitative estimate of drug-likeness (QED) is 0.884. The van der Waals surface area contributed by atoms with Crippen LogP contribution in [0.1, 0.15) is 36.8 Å². The van der Waals surface area contributed by atoms with Crippen LogP contribution in [0.15, 0.2) is 24.3 Å². The van der Waals surface area contributed by atoms with Crippen LogP contribution in [0.25, 0.3) is 0 Å². The molecule has 0 saturated heterocycles. The number of hydrogen-bond acceptors (Lipinski definition) is 2. The standard InChI is InChI=1S/C17H24N2O/c18-16-8-4-3-7-14(16)11-19-17(20)15-9-12-5-1-2-6-13(12)10-15/h1-2,5-6,14-16H,3-4,7-11,18H2,(H,19,20). The molecule has 0 radical (unpaired) electrons. The number of benzene rings is 1. The van der Waals surface area contributed by atoms with Gasteiger partial charge in [0.25, 0.3) is 0 Å². The molecule has 1 fully saturated rings. The summed E-state index contributed by atoms with van der Waals surface area (Å²) in [5.41, 5.74) is 8.81. The van der Waals surface area contributed by atoms with Crippen LogP contribution in [0, 0.1) is 11.8 Å². The summed E-state index contributed by atoms with van der Waals surface area (Å²) in [7, 11) is 0. The molecule has 0 aliphatic heterocycles. The molecule has 0 bridgehead atoms. The zero-order valence-electron chi connectivity index (χ0n) is 12.0. The smallest absolute Gasteiger partial charge is 0.223 e. The van der Waals surface area contributed by atoms with Gasteiger partial charge in [0.1, 0.15) is 0 Å². The van der Waals surface area contributed by atoms with Gasteiger partial charge in [-0.15, -0.1) is 0 Å². The highest BCUT2D eigenvalue weighted by Crippen LogP contribution is 2.27. The van der Waals surface area contributed by atoms with E-state index >= 15 is 0 Å². The summed E-state index contributed by atoms with van der Waals surface area (Å²) in [6, 6.07) is 8.66. The average Bonchev–Trinajstić information content (AvgIpc) is 2.90. The van der Waals surface area contributed by atoms with Gasteiger partial charge in [-0.1, -0.05) is 37.1 Å². The molecule has 1 aromatic carbocycles.